The maximum atomic E-state index is 12.6. The van der Waals surface area contributed by atoms with Gasteiger partial charge in [-0.05, 0) is 33.3 Å². The van der Waals surface area contributed by atoms with Crippen LogP contribution in [0.15, 0.2) is 34.5 Å². The number of carboxylic acids is 1. The summed E-state index contributed by atoms with van der Waals surface area (Å²) in [6.07, 6.45) is -0.136. The lowest BCUT2D eigenvalue weighted by Gasteiger charge is -2.43. The number of aliphatic carboxylic acids is 1. The Hall–Kier alpha value is -2.86. The van der Waals surface area contributed by atoms with Gasteiger partial charge in [0.2, 0.25) is 17.7 Å². The number of hydrogen-bond acceptors (Lipinski definition) is 8. The van der Waals surface area contributed by atoms with Crippen LogP contribution in [0.4, 0.5) is 0 Å². The Bertz CT molecular complexity index is 1120. The summed E-state index contributed by atoms with van der Waals surface area (Å²) in [5.74, 6) is -2.30. The van der Waals surface area contributed by atoms with Gasteiger partial charge in [-0.25, -0.2) is 4.79 Å². The summed E-state index contributed by atoms with van der Waals surface area (Å²) in [5.41, 5.74) is 2.74. The van der Waals surface area contributed by atoms with E-state index in [1.807, 2.05) is 38.1 Å². The summed E-state index contributed by atoms with van der Waals surface area (Å²) in [4.78, 5) is 50.3. The molecule has 3 heterocycles. The summed E-state index contributed by atoms with van der Waals surface area (Å²) < 4.78 is -0.671. The number of amidine groups is 1. The molecule has 12 heteroatoms. The van der Waals surface area contributed by atoms with Crippen molar-refractivity contribution in [1.29, 1.82) is 0 Å². The molecule has 0 saturated carbocycles. The average molecular weight is 504 g/mol. The van der Waals surface area contributed by atoms with E-state index in [1.165, 1.54) is 16.7 Å². The van der Waals surface area contributed by atoms with Crippen LogP contribution < -0.4 is 10.6 Å². The number of fused-ring (bicyclic) bond motifs is 1. The summed E-state index contributed by atoms with van der Waals surface area (Å²) in [5, 5.41) is 22.2. The number of carbonyl (C=O) groups is 4. The molecule has 3 aliphatic heterocycles. The topological polar surface area (TPSA) is 141 Å². The quantitative estimate of drug-likeness (QED) is 0.302. The third-order valence-corrected chi connectivity index (χ3v) is 8.54. The molecule has 0 bridgehead atoms. The standard InChI is InChI=1S/C22H25N5O5S2/c1-10-5-7-12(8-6-10)11(2)25-26-21-24-17(29)13(33-21)9-14(28)23-15-18(30)27-16(20(31)32)22(3,4)34-19(15)27/h5-8,13,15-16,19H,9H2,1-4H3,(H,23,28)(H,31,32)(H,24,26,29)/b25-11+. The van der Waals surface area contributed by atoms with Crippen molar-refractivity contribution in [3.63, 3.8) is 0 Å². The fourth-order valence-electron chi connectivity index (χ4n) is 4.11. The maximum Gasteiger partial charge on any atom is 0.327 e. The molecule has 10 nitrogen and oxygen atoms in total. The number of amides is 3. The van der Waals surface area contributed by atoms with E-state index < -0.39 is 45.2 Å². The van der Waals surface area contributed by atoms with Crippen LogP contribution in [-0.4, -0.2) is 72.0 Å². The van der Waals surface area contributed by atoms with Gasteiger partial charge < -0.3 is 20.6 Å². The predicted octanol–water partition coefficient (Wildman–Crippen LogP) is 1.33. The minimum absolute atomic E-state index is 0.136. The molecule has 4 atom stereocenters. The number of aryl methyl sites for hydroxylation is 1. The van der Waals surface area contributed by atoms with Crippen LogP contribution >= 0.6 is 23.5 Å². The molecule has 0 aliphatic carbocycles. The van der Waals surface area contributed by atoms with E-state index in [9.17, 15) is 24.3 Å². The Balaban J connectivity index is 1.34. The Morgan fingerprint density at radius 1 is 1.24 bits per heavy atom. The average Bonchev–Trinajstić information content (AvgIpc) is 3.24. The zero-order chi connectivity index (χ0) is 24.8. The molecule has 3 fully saturated rings. The van der Waals surface area contributed by atoms with Gasteiger partial charge in [0.1, 0.15) is 22.7 Å². The number of benzene rings is 1. The SMILES string of the molecule is C/C(=N\N=C1\NC(=O)C(CC(=O)NC2C(=O)N3C2SC(C)(C)C3C(=O)O)S1)c1ccc(C)cc1. The predicted molar refractivity (Wildman–Crippen MR) is 131 cm³/mol. The van der Waals surface area contributed by atoms with Crippen LogP contribution in [0, 0.1) is 6.92 Å². The van der Waals surface area contributed by atoms with Crippen LogP contribution in [0.25, 0.3) is 0 Å². The fraction of sp³-hybridized carbons (Fsp3) is 0.455. The van der Waals surface area contributed by atoms with Crippen molar-refractivity contribution in [2.24, 2.45) is 10.2 Å². The zero-order valence-electron chi connectivity index (χ0n) is 19.1. The molecule has 3 N–H and O–H groups in total. The number of β-lactam (4-membered cyclic amide) rings is 1. The summed E-state index contributed by atoms with van der Waals surface area (Å²) in [7, 11) is 0. The minimum Gasteiger partial charge on any atom is -0.480 e. The van der Waals surface area contributed by atoms with Crippen LogP contribution in [0.2, 0.25) is 0 Å². The van der Waals surface area contributed by atoms with Gasteiger partial charge in [-0.2, -0.15) is 5.10 Å². The lowest BCUT2D eigenvalue weighted by Crippen LogP contribution is -2.70. The molecule has 0 spiro atoms. The number of hydrogen-bond donors (Lipinski definition) is 3. The molecule has 34 heavy (non-hydrogen) atoms. The Morgan fingerprint density at radius 3 is 2.56 bits per heavy atom. The normalized spacial score (nSPS) is 29.0. The fourth-order valence-corrected chi connectivity index (χ4v) is 6.65. The molecule has 1 aromatic carbocycles. The van der Waals surface area contributed by atoms with Gasteiger partial charge in [0.25, 0.3) is 0 Å². The van der Waals surface area contributed by atoms with Crippen molar-refractivity contribution in [2.45, 2.75) is 61.6 Å². The molecule has 0 radical (unpaired) electrons. The number of nitrogens with zero attached hydrogens (tertiary/aromatic N) is 3. The highest BCUT2D eigenvalue weighted by molar-refractivity contribution is 8.15. The molecule has 1 aromatic rings. The van der Waals surface area contributed by atoms with Gasteiger partial charge in [-0.15, -0.1) is 16.9 Å². The second-order valence-electron chi connectivity index (χ2n) is 8.90. The van der Waals surface area contributed by atoms with E-state index >= 15 is 0 Å². The second kappa shape index (κ2) is 9.06. The maximum absolute atomic E-state index is 12.6. The van der Waals surface area contributed by atoms with Crippen LogP contribution in [0.5, 0.6) is 0 Å². The Morgan fingerprint density at radius 2 is 1.91 bits per heavy atom. The number of rotatable bonds is 6. The first-order valence-corrected chi connectivity index (χ1v) is 12.4. The number of nitrogens with one attached hydrogen (secondary N) is 2. The third-order valence-electron chi connectivity index (χ3n) is 5.90. The van der Waals surface area contributed by atoms with Gasteiger partial charge in [0.05, 0.1) is 5.71 Å². The second-order valence-corrected chi connectivity index (χ2v) is 11.9. The molecular weight excluding hydrogens is 478 g/mol. The molecule has 4 unspecified atom stereocenters. The molecule has 3 amide bonds. The number of thioether (sulfide) groups is 2. The molecular formula is C22H25N5O5S2. The van der Waals surface area contributed by atoms with Crippen LogP contribution in [-0.2, 0) is 19.2 Å². The van der Waals surface area contributed by atoms with E-state index in [2.05, 4.69) is 20.8 Å². The van der Waals surface area contributed by atoms with Crippen LogP contribution in [0.3, 0.4) is 0 Å². The molecule has 0 aromatic heterocycles. The van der Waals surface area contributed by atoms with Gasteiger partial charge in [-0.1, -0.05) is 41.6 Å². The smallest absolute Gasteiger partial charge is 0.327 e. The van der Waals surface area contributed by atoms with Crippen molar-refractivity contribution in [1.82, 2.24) is 15.5 Å². The minimum atomic E-state index is -1.07. The highest BCUT2D eigenvalue weighted by Crippen LogP contribution is 2.50. The zero-order valence-corrected chi connectivity index (χ0v) is 20.7. The third kappa shape index (κ3) is 4.56. The van der Waals surface area contributed by atoms with Crippen molar-refractivity contribution in [3.8, 4) is 0 Å². The molecule has 3 saturated heterocycles. The van der Waals surface area contributed by atoms with E-state index in [-0.39, 0.29) is 12.3 Å². The first kappa shape index (κ1) is 24.3. The Kier molecular flexibility index (Phi) is 6.47. The monoisotopic (exact) mass is 503 g/mol. The van der Waals surface area contributed by atoms with Gasteiger partial charge >= 0.3 is 5.97 Å². The highest BCUT2D eigenvalue weighted by Gasteiger charge is 2.64. The largest absolute Gasteiger partial charge is 0.480 e. The Labute approximate surface area is 205 Å². The summed E-state index contributed by atoms with van der Waals surface area (Å²) in [6, 6.07) is 6.08. The lowest BCUT2D eigenvalue weighted by molar-refractivity contribution is -0.161. The number of carbonyl (C=O) groups excluding carboxylic acids is 3. The summed E-state index contributed by atoms with van der Waals surface area (Å²) >= 11 is 2.46. The van der Waals surface area contributed by atoms with E-state index in [0.29, 0.717) is 10.9 Å². The molecule has 180 valence electrons. The van der Waals surface area contributed by atoms with Crippen molar-refractivity contribution in [3.05, 3.63) is 35.4 Å². The van der Waals surface area contributed by atoms with E-state index in [0.717, 1.165) is 22.9 Å². The first-order valence-electron chi connectivity index (χ1n) is 10.7. The summed E-state index contributed by atoms with van der Waals surface area (Å²) in [6.45, 7) is 7.35. The molecule has 3 aliphatic rings. The van der Waals surface area contributed by atoms with Crippen molar-refractivity contribution < 1.29 is 24.3 Å². The van der Waals surface area contributed by atoms with E-state index in [1.54, 1.807) is 13.8 Å². The van der Waals surface area contributed by atoms with Gasteiger partial charge in [-0.3, -0.25) is 14.4 Å². The van der Waals surface area contributed by atoms with Gasteiger partial charge in [0.15, 0.2) is 5.17 Å². The number of carboxylic acid groups (broad SMARTS) is 1. The van der Waals surface area contributed by atoms with Crippen LogP contribution in [0.1, 0.15) is 38.3 Å². The lowest BCUT2D eigenvalue weighted by atomic mass is 9.96. The molecule has 4 rings (SSSR count). The van der Waals surface area contributed by atoms with Gasteiger partial charge in [0, 0.05) is 11.2 Å². The first-order chi connectivity index (χ1) is 16.0. The van der Waals surface area contributed by atoms with Crippen molar-refractivity contribution in [2.75, 3.05) is 0 Å². The van der Waals surface area contributed by atoms with Crippen molar-refractivity contribution >= 4 is 58.1 Å². The van der Waals surface area contributed by atoms with E-state index in [4.69, 9.17) is 0 Å². The highest BCUT2D eigenvalue weighted by atomic mass is 32.2.